The second kappa shape index (κ2) is 15.3. The van der Waals surface area contributed by atoms with Crippen molar-refractivity contribution in [2.75, 3.05) is 70.6 Å². The van der Waals surface area contributed by atoms with E-state index in [2.05, 4.69) is 18.1 Å². The highest BCUT2D eigenvalue weighted by molar-refractivity contribution is 6.03. The molecule has 1 spiro atoms. The van der Waals surface area contributed by atoms with E-state index < -0.39 is 35.1 Å². The second-order valence-electron chi connectivity index (χ2n) is 14.3. The Morgan fingerprint density at radius 3 is 2.39 bits per heavy atom. The summed E-state index contributed by atoms with van der Waals surface area (Å²) in [4.78, 5) is 52.2. The molecule has 11 nitrogen and oxygen atoms in total. The average Bonchev–Trinajstić information content (AvgIpc) is 3.62. The maximum Gasteiger partial charge on any atom is 0.248 e. The molecule has 1 aromatic carbocycles. The minimum atomic E-state index is -1.24. The molecule has 0 radical (unpaired) electrons. The Morgan fingerprint density at radius 2 is 1.80 bits per heavy atom. The number of benzene rings is 1. The summed E-state index contributed by atoms with van der Waals surface area (Å²) in [5.41, 5.74) is -1.57. The first-order chi connectivity index (χ1) is 23.5. The first-order valence-corrected chi connectivity index (χ1v) is 18.0. The van der Waals surface area contributed by atoms with Gasteiger partial charge in [-0.3, -0.25) is 19.3 Å². The monoisotopic (exact) mass is 680 g/mol. The van der Waals surface area contributed by atoms with E-state index in [-0.39, 0.29) is 42.7 Å². The molecule has 3 amide bonds. The zero-order chi connectivity index (χ0) is 35.5. The number of fused-ring (bicyclic) bond motifs is 1. The first-order valence-electron chi connectivity index (χ1n) is 18.0. The zero-order valence-electron chi connectivity index (χ0n) is 30.0. The highest BCUT2D eigenvalue weighted by Crippen LogP contribution is 2.66. The molecule has 4 saturated heterocycles. The van der Waals surface area contributed by atoms with Crippen molar-refractivity contribution in [1.29, 1.82) is 0 Å². The molecule has 4 heterocycles. The van der Waals surface area contributed by atoms with Gasteiger partial charge in [0.15, 0.2) is 0 Å². The van der Waals surface area contributed by atoms with Crippen LogP contribution >= 0.6 is 0 Å². The number of morpholine rings is 1. The molecule has 11 heteroatoms. The number of aliphatic hydroxyl groups is 1. The Kier molecular flexibility index (Phi) is 11.6. The van der Waals surface area contributed by atoms with Crippen LogP contribution in [0.2, 0.25) is 0 Å². The number of amides is 3. The van der Waals surface area contributed by atoms with Crippen LogP contribution in [0, 0.1) is 23.7 Å². The number of aliphatic hydroxyl groups excluding tert-OH is 1. The summed E-state index contributed by atoms with van der Waals surface area (Å²) in [6.07, 6.45) is 4.53. The summed E-state index contributed by atoms with van der Waals surface area (Å²) in [7, 11) is 0. The van der Waals surface area contributed by atoms with Crippen LogP contribution in [0.15, 0.2) is 49.6 Å². The van der Waals surface area contributed by atoms with E-state index in [0.717, 1.165) is 13.1 Å². The number of hydrogen-bond acceptors (Lipinski definition) is 8. The fraction of sp³-hybridized carbons (Fsp3) is 0.658. The van der Waals surface area contributed by atoms with E-state index in [0.29, 0.717) is 63.7 Å². The highest BCUT2D eigenvalue weighted by atomic mass is 16.5. The fourth-order valence-corrected chi connectivity index (χ4v) is 8.72. The molecule has 2 bridgehead atoms. The van der Waals surface area contributed by atoms with Crippen LogP contribution in [0.25, 0.3) is 0 Å². The minimum absolute atomic E-state index is 0.0961. The van der Waals surface area contributed by atoms with Crippen LogP contribution < -0.4 is 9.64 Å². The lowest BCUT2D eigenvalue weighted by Gasteiger charge is -2.41. The van der Waals surface area contributed by atoms with Gasteiger partial charge in [0.2, 0.25) is 17.7 Å². The number of ether oxygens (including phenoxy) is 3. The van der Waals surface area contributed by atoms with Gasteiger partial charge in [0, 0.05) is 45.0 Å². The summed E-state index contributed by atoms with van der Waals surface area (Å²) in [6.45, 7) is 22.5. The van der Waals surface area contributed by atoms with Gasteiger partial charge in [-0.15, -0.1) is 13.2 Å². The van der Waals surface area contributed by atoms with E-state index >= 15 is 9.59 Å². The van der Waals surface area contributed by atoms with Crippen LogP contribution in [0.3, 0.4) is 0 Å². The van der Waals surface area contributed by atoms with Crippen molar-refractivity contribution in [2.45, 2.75) is 70.7 Å². The normalized spacial score (nSPS) is 30.5. The second-order valence-corrected chi connectivity index (χ2v) is 14.3. The van der Waals surface area contributed by atoms with Crippen LogP contribution in [0.4, 0.5) is 5.69 Å². The van der Waals surface area contributed by atoms with E-state index in [1.165, 1.54) is 0 Å². The highest BCUT2D eigenvalue weighted by Gasteiger charge is 2.80. The van der Waals surface area contributed by atoms with Gasteiger partial charge < -0.3 is 34.0 Å². The Hall–Kier alpha value is -3.25. The largest absolute Gasteiger partial charge is 0.494 e. The van der Waals surface area contributed by atoms with Gasteiger partial charge in [0.05, 0.1) is 49.9 Å². The van der Waals surface area contributed by atoms with E-state index in [1.54, 1.807) is 26.9 Å². The predicted octanol–water partition coefficient (Wildman–Crippen LogP) is 3.37. The summed E-state index contributed by atoms with van der Waals surface area (Å²) in [6, 6.07) is 5.71. The molecule has 49 heavy (non-hydrogen) atoms. The van der Waals surface area contributed by atoms with Gasteiger partial charge in [-0.2, -0.15) is 0 Å². The number of rotatable bonds is 16. The molecule has 4 aliphatic rings. The molecule has 4 aliphatic heterocycles. The van der Waals surface area contributed by atoms with Gasteiger partial charge in [0.25, 0.3) is 0 Å². The lowest BCUT2D eigenvalue weighted by Crippen LogP contribution is -2.60. The number of carbonyl (C=O) groups is 3. The Bertz CT molecular complexity index is 1370. The Balaban J connectivity index is 1.57. The first kappa shape index (κ1) is 37.0. The topological polar surface area (TPSA) is 112 Å². The van der Waals surface area contributed by atoms with Crippen LogP contribution in [0.5, 0.6) is 5.75 Å². The Labute approximate surface area is 291 Å². The molecule has 5 rings (SSSR count). The van der Waals surface area contributed by atoms with E-state index in [1.807, 2.05) is 58.9 Å². The quantitative estimate of drug-likeness (QED) is 0.265. The van der Waals surface area contributed by atoms with Gasteiger partial charge in [-0.1, -0.05) is 39.3 Å². The number of anilines is 1. The third kappa shape index (κ3) is 6.55. The molecule has 1 N–H and O–H groups in total. The molecule has 0 saturated carbocycles. The molecule has 0 aromatic heterocycles. The molecule has 270 valence electrons. The summed E-state index contributed by atoms with van der Waals surface area (Å²) >= 11 is 0. The summed E-state index contributed by atoms with van der Waals surface area (Å²) in [5.74, 6) is -2.05. The average molecular weight is 681 g/mol. The molecular weight excluding hydrogens is 624 g/mol. The van der Waals surface area contributed by atoms with Gasteiger partial charge in [-0.05, 0) is 56.4 Å². The number of carbonyl (C=O) groups excluding carboxylic acids is 3. The van der Waals surface area contributed by atoms with Gasteiger partial charge in [-0.25, -0.2) is 0 Å². The molecular formula is C38H56N4O7. The van der Waals surface area contributed by atoms with Crippen LogP contribution in [-0.2, 0) is 23.9 Å². The van der Waals surface area contributed by atoms with Crippen molar-refractivity contribution < 1.29 is 33.7 Å². The third-order valence-electron chi connectivity index (χ3n) is 11.6. The molecule has 3 unspecified atom stereocenters. The predicted molar refractivity (Wildman–Crippen MR) is 188 cm³/mol. The maximum absolute atomic E-state index is 15.0. The van der Waals surface area contributed by atoms with Crippen molar-refractivity contribution >= 4 is 23.4 Å². The van der Waals surface area contributed by atoms with Crippen molar-refractivity contribution in [3.63, 3.8) is 0 Å². The lowest BCUT2D eigenvalue weighted by atomic mass is 9.62. The van der Waals surface area contributed by atoms with Crippen LogP contribution in [0.1, 0.15) is 47.5 Å². The van der Waals surface area contributed by atoms with E-state index in [4.69, 9.17) is 14.2 Å². The van der Waals surface area contributed by atoms with Crippen molar-refractivity contribution in [1.82, 2.24) is 14.7 Å². The molecule has 1 aromatic rings. The van der Waals surface area contributed by atoms with Gasteiger partial charge in [0.1, 0.15) is 17.4 Å². The standard InChI is InChI=1S/C38H56N4O7/c1-8-16-40(19-18-39-20-22-47-23-21-39)36(46)33-38-24-27(6)37(7,49-38)31(32(38)35(45)42(33)30(25-43)26(5)10-3)34(44)41(17-9-2)28-12-14-29(15-13-28)48-11-4/h8-9,12-15,26-27,30-33,43H,1-2,10-11,16-25H2,3-7H3/t26-,27?,30-,31-,32-,33?,37+,38?/m0/s1. The maximum atomic E-state index is 15.0. The Morgan fingerprint density at radius 1 is 1.12 bits per heavy atom. The minimum Gasteiger partial charge on any atom is -0.494 e. The molecule has 4 fully saturated rings. The summed E-state index contributed by atoms with van der Waals surface area (Å²) < 4.78 is 18.2. The number of nitrogens with zero attached hydrogens (tertiary/aromatic N) is 4. The third-order valence-corrected chi connectivity index (χ3v) is 11.6. The number of likely N-dealkylation sites (tertiary alicyclic amines) is 1. The lowest BCUT2D eigenvalue weighted by molar-refractivity contribution is -0.156. The van der Waals surface area contributed by atoms with Crippen molar-refractivity contribution in [2.24, 2.45) is 23.7 Å². The van der Waals surface area contributed by atoms with Crippen LogP contribution in [-0.4, -0.2) is 127 Å². The smallest absolute Gasteiger partial charge is 0.248 e. The SMILES string of the molecule is C=CCN(CCN1CCOCC1)C(=O)C1N([C@@H](CO)[C@@H](C)CC)C(=O)[C@@H]2[C@@H](C(=O)N(CC=C)c3ccc(OCC)cc3)[C@]3(C)OC12CC3C. The van der Waals surface area contributed by atoms with Crippen molar-refractivity contribution in [3.8, 4) is 5.75 Å². The molecule has 8 atom stereocenters. The van der Waals surface area contributed by atoms with E-state index in [9.17, 15) is 9.90 Å². The molecule has 0 aliphatic carbocycles. The van der Waals surface area contributed by atoms with Gasteiger partial charge >= 0.3 is 0 Å². The fourth-order valence-electron chi connectivity index (χ4n) is 8.72. The number of hydrogen-bond donors (Lipinski definition) is 1. The van der Waals surface area contributed by atoms with Crippen molar-refractivity contribution in [3.05, 3.63) is 49.6 Å². The zero-order valence-corrected chi connectivity index (χ0v) is 30.0. The summed E-state index contributed by atoms with van der Waals surface area (Å²) in [5, 5.41) is 10.8.